The number of benzene rings is 3. The van der Waals surface area contributed by atoms with E-state index in [1.807, 2.05) is 79.1 Å². The smallest absolute Gasteiger partial charge is 0.213 e. The first-order valence-electron chi connectivity index (χ1n) is 50.0. The van der Waals surface area contributed by atoms with E-state index in [1.165, 1.54) is 331 Å². The highest BCUT2D eigenvalue weighted by Crippen LogP contribution is 2.46. The van der Waals surface area contributed by atoms with Crippen molar-refractivity contribution < 1.29 is 28.4 Å². The van der Waals surface area contributed by atoms with Gasteiger partial charge in [0.25, 0.3) is 0 Å². The second-order valence-electron chi connectivity index (χ2n) is 34.8. The normalized spacial score (nSPS) is 11.7. The molecule has 674 valence electrons. The van der Waals surface area contributed by atoms with Crippen LogP contribution in [-0.2, 0) is 0 Å². The Morgan fingerprint density at radius 3 is 0.744 bits per heavy atom. The maximum atomic E-state index is 15.4. The lowest BCUT2D eigenvalue weighted by molar-refractivity contribution is 0.234. The number of thiophene rings is 2. The van der Waals surface area contributed by atoms with Gasteiger partial charge in [-0.15, -0.1) is 32.9 Å². The highest BCUT2D eigenvalue weighted by Gasteiger charge is 2.25. The predicted molar refractivity (Wildman–Crippen MR) is 519 cm³/mol. The van der Waals surface area contributed by atoms with Crippen molar-refractivity contribution in [1.29, 1.82) is 0 Å². The molecule has 17 heteroatoms. The van der Waals surface area contributed by atoms with Gasteiger partial charge < -0.3 is 28.4 Å². The van der Waals surface area contributed by atoms with Gasteiger partial charge in [0.2, 0.25) is 21.8 Å². The minimum atomic E-state index is -1.99. The molecule has 0 aliphatic rings. The van der Waals surface area contributed by atoms with Gasteiger partial charge in [-0.25, -0.2) is 9.36 Å². The molecule has 0 bridgehead atoms. The average Bonchev–Trinajstić information content (AvgIpc) is 1.59. The molecule has 0 aliphatic heterocycles. The monoisotopic (exact) mass is 1720 g/mol. The van der Waals surface area contributed by atoms with Crippen LogP contribution in [0.25, 0.3) is 58.0 Å². The summed E-state index contributed by atoms with van der Waals surface area (Å²) in [5.74, 6) is 3.95. The van der Waals surface area contributed by atoms with Crippen LogP contribution in [0.1, 0.15) is 427 Å². The molecule has 0 amide bonds. The number of hydrogen-bond donors (Lipinski definition) is 0. The number of fused-ring (bicyclic) bond motifs is 3. The number of ether oxygens (including phenoxy) is 6. The van der Waals surface area contributed by atoms with E-state index in [-0.39, 0.29) is 10.3 Å². The summed E-state index contributed by atoms with van der Waals surface area (Å²) >= 11 is 2.95. The highest BCUT2D eigenvalue weighted by atomic mass is 32.1. The zero-order valence-electron chi connectivity index (χ0n) is 76.9. The molecule has 0 spiro atoms. The van der Waals surface area contributed by atoms with E-state index in [1.54, 1.807) is 9.36 Å². The van der Waals surface area contributed by atoms with Gasteiger partial charge in [-0.3, -0.25) is 9.59 Å². The van der Waals surface area contributed by atoms with Crippen LogP contribution in [0.15, 0.2) is 88.7 Å². The highest BCUT2D eigenvalue weighted by molar-refractivity contribution is 7.55. The van der Waals surface area contributed by atoms with E-state index in [0.717, 1.165) is 108 Å². The number of rotatable bonds is 77. The quantitative estimate of drug-likeness (QED) is 0.0334. The molecule has 0 N–H and O–H groups in total. The van der Waals surface area contributed by atoms with Gasteiger partial charge in [0.15, 0.2) is 23.0 Å². The van der Waals surface area contributed by atoms with Crippen LogP contribution in [-0.4, -0.2) is 69.6 Å². The number of unbranched alkanes of at least 4 members (excludes halogenated alkanes) is 54. The fraction of sp³-hybridized carbons (Fsp3) is 0.692. The van der Waals surface area contributed by atoms with Crippen LogP contribution >= 0.6 is 30.2 Å². The molecule has 14 nitrogen and oxygen atoms in total. The fourth-order valence-electron chi connectivity index (χ4n) is 16.6. The summed E-state index contributed by atoms with van der Waals surface area (Å²) in [7, 11) is -1.99. The van der Waals surface area contributed by atoms with Gasteiger partial charge in [0.1, 0.15) is 11.4 Å². The molecule has 0 aliphatic carbocycles. The van der Waals surface area contributed by atoms with E-state index >= 15 is 9.59 Å². The summed E-state index contributed by atoms with van der Waals surface area (Å²) in [5.41, 5.74) is 2.71. The van der Waals surface area contributed by atoms with Gasteiger partial charge in [-0.2, -0.15) is 0 Å². The lowest BCUT2D eigenvalue weighted by Crippen LogP contribution is -2.08. The van der Waals surface area contributed by atoms with Gasteiger partial charge in [0, 0.05) is 47.9 Å². The van der Waals surface area contributed by atoms with Crippen LogP contribution in [0.5, 0.6) is 34.5 Å². The van der Waals surface area contributed by atoms with Crippen LogP contribution in [0.4, 0.5) is 0 Å². The van der Waals surface area contributed by atoms with Crippen LogP contribution in [0, 0.1) is 0 Å². The molecule has 0 unspecified atom stereocenters. The SMILES string of the molecule is CCCCCCCCCCCCOc1cc(-n2cc(-c3cc4c(=O)p(-c5ccccc5)c(=O)c5cc(-c6cn(-c7cc(OCCCCCCCCCCCC)c(OCCCCCCCCCCCC)c(OCCCCCCCCCCCC)c7)nn6)sc5c4s3)nn2)cc(OCCCCCCCCCCCC)c1OCCCCCCCCCCCC. The molecule has 0 radical (unpaired) electrons. The fourth-order valence-corrected chi connectivity index (χ4v) is 21.0. The summed E-state index contributed by atoms with van der Waals surface area (Å²) < 4.78 is 46.2. The molecule has 0 saturated carbocycles. The van der Waals surface area contributed by atoms with E-state index < -0.39 is 7.53 Å². The Labute approximate surface area is 741 Å². The number of hydrogen-bond acceptors (Lipinski definition) is 14. The van der Waals surface area contributed by atoms with Crippen molar-refractivity contribution in [3.8, 4) is 72.3 Å². The summed E-state index contributed by atoms with van der Waals surface area (Å²) in [5, 5.41) is 20.8. The van der Waals surface area contributed by atoms with Crippen molar-refractivity contribution in [2.24, 2.45) is 0 Å². The van der Waals surface area contributed by atoms with E-state index in [4.69, 9.17) is 49.0 Å². The van der Waals surface area contributed by atoms with Crippen molar-refractivity contribution in [1.82, 2.24) is 30.0 Å². The first-order valence-corrected chi connectivity index (χ1v) is 53.0. The molecule has 121 heavy (non-hydrogen) atoms. The molecule has 5 heterocycles. The molecule has 3 aromatic carbocycles. The maximum Gasteiger partial charge on any atom is 0.213 e. The van der Waals surface area contributed by atoms with Crippen molar-refractivity contribution in [3.63, 3.8) is 0 Å². The standard InChI is InChI=1S/C104H163N6O8PS2/c1-7-13-19-25-31-37-43-49-55-64-72-113-93-78-86(79-94(114-73-65-56-50-44-38-32-26-20-14-8-2)99(93)117-76-68-59-53-47-41-35-29-23-17-11-5)109-84-91(105-107-109)97-82-89-101(120-97)102-90(104(112)119(103(89)111)88-70-62-61-63-71-88)83-98(121-102)92-85-110(108-106-92)87-80-95(115-74-66-57-51-45-39-33-27-21-15-9-3)100(118-77-69-60-54-48-42-36-30-24-18-12-6)96(81-87)116-75-67-58-52-46-40-34-28-22-16-10-4/h61-63,70-71,78-85H,7-60,64-69,72-77H2,1-6H3. The van der Waals surface area contributed by atoms with E-state index in [2.05, 4.69) is 41.5 Å². The number of aromatic nitrogens is 6. The molecule has 0 atom stereocenters. The topological polar surface area (TPSA) is 151 Å². The molecule has 0 fully saturated rings. The predicted octanol–water partition coefficient (Wildman–Crippen LogP) is 33.1. The van der Waals surface area contributed by atoms with Crippen molar-refractivity contribution in [2.45, 2.75) is 427 Å². The molecule has 8 rings (SSSR count). The average molecular weight is 1720 g/mol. The lowest BCUT2D eigenvalue weighted by atomic mass is 10.1. The second-order valence-corrected chi connectivity index (χ2v) is 38.9. The summed E-state index contributed by atoms with van der Waals surface area (Å²) in [6, 6.07) is 21.7. The van der Waals surface area contributed by atoms with Crippen LogP contribution in [0.3, 0.4) is 0 Å². The van der Waals surface area contributed by atoms with Gasteiger partial charge in [-0.05, 0) is 50.7 Å². The number of nitrogens with zero attached hydrogens (tertiary/aromatic N) is 6. The first kappa shape index (κ1) is 100. The second kappa shape index (κ2) is 63.7. The first-order chi connectivity index (χ1) is 59.8. The molecule has 5 aromatic heterocycles. The van der Waals surface area contributed by atoms with Crippen molar-refractivity contribution in [3.05, 3.63) is 99.0 Å². The van der Waals surface area contributed by atoms with Crippen LogP contribution in [0.2, 0.25) is 0 Å². The minimum Gasteiger partial charge on any atom is -0.489 e. The minimum absolute atomic E-state index is 0.179. The summed E-state index contributed by atoms with van der Waals surface area (Å²) in [6.45, 7) is 17.1. The zero-order valence-corrected chi connectivity index (χ0v) is 79.4. The Morgan fingerprint density at radius 2 is 0.504 bits per heavy atom. The largest absolute Gasteiger partial charge is 0.489 e. The van der Waals surface area contributed by atoms with Gasteiger partial charge in [-0.1, -0.05) is 429 Å². The Bertz CT molecular complexity index is 3780. The third-order valence-electron chi connectivity index (χ3n) is 24.1. The Kier molecular flexibility index (Phi) is 52.7. The third kappa shape index (κ3) is 37.9. The Morgan fingerprint density at radius 1 is 0.281 bits per heavy atom. The third-order valence-corrected chi connectivity index (χ3v) is 28.7. The molecular weight excluding hydrogens is 1560 g/mol. The van der Waals surface area contributed by atoms with E-state index in [9.17, 15) is 0 Å². The van der Waals surface area contributed by atoms with Crippen LogP contribution < -0.4 is 38.7 Å². The van der Waals surface area contributed by atoms with Gasteiger partial charge in [0.05, 0.1) is 82.6 Å². The summed E-state index contributed by atoms with van der Waals surface area (Å²) in [6.07, 6.45) is 78.6. The Balaban J connectivity index is 1.10. The zero-order chi connectivity index (χ0) is 85.0. The Hall–Kier alpha value is -6.22. The lowest BCUT2D eigenvalue weighted by Gasteiger charge is -2.19. The van der Waals surface area contributed by atoms with Crippen molar-refractivity contribution in [2.75, 3.05) is 39.6 Å². The van der Waals surface area contributed by atoms with E-state index in [0.29, 0.717) is 102 Å². The molecular formula is C104H163N6O8PS2. The van der Waals surface area contributed by atoms with Crippen molar-refractivity contribution >= 4 is 50.4 Å². The van der Waals surface area contributed by atoms with Gasteiger partial charge >= 0.3 is 0 Å². The maximum absolute atomic E-state index is 15.4. The summed E-state index contributed by atoms with van der Waals surface area (Å²) in [4.78, 5) is 32.3. The molecule has 8 aromatic rings. The molecule has 0 saturated heterocycles.